The highest BCUT2D eigenvalue weighted by Crippen LogP contribution is 2.24. The number of esters is 1. The fraction of sp³-hybridized carbons (Fsp3) is 0.929. The van der Waals surface area contributed by atoms with Crippen LogP contribution in [0.3, 0.4) is 0 Å². The fourth-order valence-electron chi connectivity index (χ4n) is 2.82. The summed E-state index contributed by atoms with van der Waals surface area (Å²) in [5.41, 5.74) is 4.49. The number of carbonyl (C=O) groups is 1. The van der Waals surface area contributed by atoms with Crippen LogP contribution in [0, 0.1) is 0 Å². The summed E-state index contributed by atoms with van der Waals surface area (Å²) in [4.78, 5) is 13.8. The van der Waals surface area contributed by atoms with Gasteiger partial charge in [-0.05, 0) is 45.6 Å². The van der Waals surface area contributed by atoms with E-state index in [-0.39, 0.29) is 0 Å². The average molecular weight is 272 g/mol. The van der Waals surface area contributed by atoms with Crippen LogP contribution in [0.15, 0.2) is 0 Å². The highest BCUT2D eigenvalue weighted by molar-refractivity contribution is 5.78. The van der Waals surface area contributed by atoms with Gasteiger partial charge in [-0.1, -0.05) is 6.92 Å². The van der Waals surface area contributed by atoms with Crippen molar-refractivity contribution in [3.8, 4) is 0 Å². The highest BCUT2D eigenvalue weighted by atomic mass is 16.5. The zero-order chi connectivity index (χ0) is 14.5. The van der Waals surface area contributed by atoms with Crippen molar-refractivity contribution >= 4 is 5.97 Å². The Hall–Kier alpha value is -0.650. The van der Waals surface area contributed by atoms with E-state index in [2.05, 4.69) is 16.6 Å². The number of nitrogens with zero attached hydrogens (tertiary/aromatic N) is 1. The van der Waals surface area contributed by atoms with Gasteiger partial charge >= 0.3 is 5.97 Å². The first-order valence-electron chi connectivity index (χ1n) is 7.21. The molecule has 1 atom stereocenters. The molecule has 0 bridgehead atoms. The maximum Gasteiger partial charge on any atom is 0.338 e. The van der Waals surface area contributed by atoms with Crippen LogP contribution in [0.4, 0.5) is 0 Å². The summed E-state index contributed by atoms with van der Waals surface area (Å²) < 4.78 is 4.66. The second kappa shape index (κ2) is 7.22. The van der Waals surface area contributed by atoms with Gasteiger partial charge in [-0.15, -0.1) is 0 Å². The van der Waals surface area contributed by atoms with Gasteiger partial charge in [0.25, 0.3) is 0 Å². The van der Waals surface area contributed by atoms with Crippen molar-refractivity contribution in [3.63, 3.8) is 0 Å². The van der Waals surface area contributed by atoms with Crippen LogP contribution < -0.4 is 5.73 Å². The van der Waals surface area contributed by atoms with Gasteiger partial charge in [-0.25, -0.2) is 4.79 Å². The van der Waals surface area contributed by atoms with E-state index in [1.807, 2.05) is 0 Å². The molecule has 5 nitrogen and oxygen atoms in total. The summed E-state index contributed by atoms with van der Waals surface area (Å²) in [6.45, 7) is 4.84. The van der Waals surface area contributed by atoms with Gasteiger partial charge in [0.2, 0.25) is 0 Å². The molecule has 0 radical (unpaired) electrons. The molecule has 0 spiro atoms. The minimum Gasteiger partial charge on any atom is -0.467 e. The quantitative estimate of drug-likeness (QED) is 0.702. The van der Waals surface area contributed by atoms with E-state index in [4.69, 9.17) is 5.73 Å². The monoisotopic (exact) mass is 272 g/mol. The van der Waals surface area contributed by atoms with E-state index in [0.717, 1.165) is 38.6 Å². The number of rotatable bonds is 6. The van der Waals surface area contributed by atoms with Crippen molar-refractivity contribution in [1.29, 1.82) is 0 Å². The van der Waals surface area contributed by atoms with Crippen LogP contribution in [0.1, 0.15) is 46.0 Å². The summed E-state index contributed by atoms with van der Waals surface area (Å²) in [7, 11) is 1.31. The lowest BCUT2D eigenvalue weighted by molar-refractivity contribution is -0.163. The summed E-state index contributed by atoms with van der Waals surface area (Å²) >= 11 is 0. The Morgan fingerprint density at radius 1 is 1.42 bits per heavy atom. The molecule has 0 heterocycles. The molecule has 0 aliphatic heterocycles. The van der Waals surface area contributed by atoms with Crippen molar-refractivity contribution in [2.75, 3.05) is 20.2 Å². The molecule has 1 fully saturated rings. The predicted molar refractivity (Wildman–Crippen MR) is 74.7 cm³/mol. The summed E-state index contributed by atoms with van der Waals surface area (Å²) in [6, 6.07) is 0.719. The van der Waals surface area contributed by atoms with Crippen molar-refractivity contribution < 1.29 is 14.6 Å². The first kappa shape index (κ1) is 16.4. The van der Waals surface area contributed by atoms with E-state index in [1.54, 1.807) is 0 Å². The molecule has 3 N–H and O–H groups in total. The molecule has 0 aromatic carbocycles. The third-order valence-corrected chi connectivity index (χ3v) is 3.90. The highest BCUT2D eigenvalue weighted by Gasteiger charge is 2.36. The Morgan fingerprint density at radius 2 is 2.00 bits per heavy atom. The zero-order valence-electron chi connectivity index (χ0n) is 12.4. The van der Waals surface area contributed by atoms with Gasteiger partial charge in [0.05, 0.1) is 7.11 Å². The Morgan fingerprint density at radius 3 is 2.47 bits per heavy atom. The Labute approximate surface area is 116 Å². The SMILES string of the molecule is CCCN(CC(C)(O)C(=O)OC)C1CCC(N)CC1. The Bertz CT molecular complexity index is 286. The van der Waals surface area contributed by atoms with Crippen LogP contribution in [-0.2, 0) is 9.53 Å². The fourth-order valence-corrected chi connectivity index (χ4v) is 2.82. The molecule has 112 valence electrons. The van der Waals surface area contributed by atoms with Gasteiger partial charge in [0.15, 0.2) is 5.60 Å². The Kier molecular flexibility index (Phi) is 6.23. The zero-order valence-corrected chi connectivity index (χ0v) is 12.4. The number of aliphatic hydroxyl groups is 1. The van der Waals surface area contributed by atoms with Gasteiger partial charge in [-0.3, -0.25) is 4.90 Å². The number of hydrogen-bond acceptors (Lipinski definition) is 5. The number of ether oxygens (including phenoxy) is 1. The van der Waals surface area contributed by atoms with Crippen LogP contribution in [0.25, 0.3) is 0 Å². The maximum absolute atomic E-state index is 11.6. The first-order valence-corrected chi connectivity index (χ1v) is 7.21. The predicted octanol–water partition coefficient (Wildman–Crippen LogP) is 0.892. The molecule has 0 amide bonds. The third-order valence-electron chi connectivity index (χ3n) is 3.90. The summed E-state index contributed by atoms with van der Waals surface area (Å²) in [5, 5.41) is 10.2. The van der Waals surface area contributed by atoms with Crippen molar-refractivity contribution in [2.24, 2.45) is 5.73 Å². The minimum atomic E-state index is -1.44. The lowest BCUT2D eigenvalue weighted by Gasteiger charge is -2.38. The molecule has 1 rings (SSSR count). The molecule has 5 heteroatoms. The second-order valence-electron chi connectivity index (χ2n) is 5.80. The average Bonchev–Trinajstić information content (AvgIpc) is 2.38. The standard InChI is InChI=1S/C14H28N2O3/c1-4-9-16(10-14(2,18)13(17)19-3)12-7-5-11(15)6-8-12/h11-12,18H,4-10,15H2,1-3H3. The Balaban J connectivity index is 2.64. The molecule has 0 saturated heterocycles. The molecule has 1 saturated carbocycles. The van der Waals surface area contributed by atoms with E-state index in [0.29, 0.717) is 18.6 Å². The number of hydrogen-bond donors (Lipinski definition) is 2. The molecule has 1 aliphatic carbocycles. The number of carbonyl (C=O) groups excluding carboxylic acids is 1. The molecule has 1 aliphatic rings. The lowest BCUT2D eigenvalue weighted by Crippen LogP contribution is -2.52. The molecule has 19 heavy (non-hydrogen) atoms. The van der Waals surface area contributed by atoms with Crippen LogP contribution in [0.5, 0.6) is 0 Å². The van der Waals surface area contributed by atoms with Gasteiger partial charge in [0.1, 0.15) is 0 Å². The molecular weight excluding hydrogens is 244 g/mol. The van der Waals surface area contributed by atoms with E-state index in [9.17, 15) is 9.90 Å². The summed E-state index contributed by atoms with van der Waals surface area (Å²) in [6.07, 6.45) is 5.12. The molecule has 0 aromatic rings. The van der Waals surface area contributed by atoms with Gasteiger partial charge in [-0.2, -0.15) is 0 Å². The minimum absolute atomic E-state index is 0.306. The van der Waals surface area contributed by atoms with Gasteiger partial charge in [0, 0.05) is 18.6 Å². The normalized spacial score (nSPS) is 27.1. The largest absolute Gasteiger partial charge is 0.467 e. The van der Waals surface area contributed by atoms with Crippen molar-refractivity contribution in [2.45, 2.75) is 63.6 Å². The van der Waals surface area contributed by atoms with Crippen molar-refractivity contribution in [1.82, 2.24) is 4.90 Å². The number of nitrogens with two attached hydrogens (primary N) is 1. The van der Waals surface area contributed by atoms with Crippen LogP contribution >= 0.6 is 0 Å². The first-order chi connectivity index (χ1) is 8.90. The van der Waals surface area contributed by atoms with Gasteiger partial charge < -0.3 is 15.6 Å². The lowest BCUT2D eigenvalue weighted by atomic mass is 9.90. The van der Waals surface area contributed by atoms with Crippen LogP contribution in [-0.4, -0.2) is 53.9 Å². The van der Waals surface area contributed by atoms with Crippen molar-refractivity contribution in [3.05, 3.63) is 0 Å². The third kappa shape index (κ3) is 4.75. The molecule has 0 aromatic heterocycles. The second-order valence-corrected chi connectivity index (χ2v) is 5.80. The smallest absolute Gasteiger partial charge is 0.338 e. The van der Waals surface area contributed by atoms with E-state index in [1.165, 1.54) is 14.0 Å². The molecule has 1 unspecified atom stereocenters. The van der Waals surface area contributed by atoms with E-state index < -0.39 is 11.6 Å². The topological polar surface area (TPSA) is 75.8 Å². The molecular formula is C14H28N2O3. The summed E-state index contributed by atoms with van der Waals surface area (Å²) in [5.74, 6) is -0.568. The van der Waals surface area contributed by atoms with Crippen LogP contribution in [0.2, 0.25) is 0 Å². The maximum atomic E-state index is 11.6. The van der Waals surface area contributed by atoms with E-state index >= 15 is 0 Å². The number of methoxy groups -OCH3 is 1.